The lowest BCUT2D eigenvalue weighted by molar-refractivity contribution is 0.302. The minimum absolute atomic E-state index is 0.276. The van der Waals surface area contributed by atoms with Crippen LogP contribution in [-0.4, -0.2) is 6.54 Å². The maximum absolute atomic E-state index is 13.1. The van der Waals surface area contributed by atoms with Gasteiger partial charge in [-0.25, -0.2) is 4.39 Å². The minimum atomic E-state index is -0.276. The summed E-state index contributed by atoms with van der Waals surface area (Å²) in [6.45, 7) is 0.801. The first-order chi connectivity index (χ1) is 9.20. The highest BCUT2D eigenvalue weighted by Gasteiger charge is 2.08. The Labute approximate surface area is 117 Å². The number of para-hydroxylation sites is 1. The zero-order chi connectivity index (χ0) is 13.7. The van der Waals surface area contributed by atoms with Crippen molar-refractivity contribution in [1.82, 2.24) is 0 Å². The number of ether oxygens (including phenoxy) is 1. The Kier molecular flexibility index (Phi) is 4.77. The van der Waals surface area contributed by atoms with Gasteiger partial charge in [-0.15, -0.1) is 0 Å². The van der Waals surface area contributed by atoms with Gasteiger partial charge in [0.25, 0.3) is 0 Å². The first-order valence-electron chi connectivity index (χ1n) is 6.05. The highest BCUT2D eigenvalue weighted by atomic mass is 35.5. The van der Waals surface area contributed by atoms with Crippen LogP contribution in [0.25, 0.3) is 0 Å². The van der Waals surface area contributed by atoms with Crippen molar-refractivity contribution in [3.63, 3.8) is 0 Å². The quantitative estimate of drug-likeness (QED) is 0.908. The molecule has 0 aliphatic carbocycles. The Morgan fingerprint density at radius 2 is 1.95 bits per heavy atom. The van der Waals surface area contributed by atoms with Gasteiger partial charge < -0.3 is 10.5 Å². The van der Waals surface area contributed by atoms with E-state index < -0.39 is 0 Å². The van der Waals surface area contributed by atoms with E-state index in [0.717, 1.165) is 11.1 Å². The zero-order valence-corrected chi connectivity index (χ0v) is 11.2. The molecule has 0 spiro atoms. The molecule has 0 bridgehead atoms. The van der Waals surface area contributed by atoms with Gasteiger partial charge in [0, 0.05) is 0 Å². The lowest BCUT2D eigenvalue weighted by Crippen LogP contribution is -2.06. The van der Waals surface area contributed by atoms with Gasteiger partial charge in [0.05, 0.1) is 5.02 Å². The van der Waals surface area contributed by atoms with Gasteiger partial charge in [-0.2, -0.15) is 0 Å². The molecule has 0 amide bonds. The van der Waals surface area contributed by atoms with Crippen LogP contribution >= 0.6 is 11.6 Å². The van der Waals surface area contributed by atoms with Crippen molar-refractivity contribution in [2.75, 3.05) is 6.54 Å². The molecular weight excluding hydrogens is 265 g/mol. The van der Waals surface area contributed by atoms with Gasteiger partial charge >= 0.3 is 0 Å². The molecule has 4 heteroatoms. The molecular formula is C15H15ClFNO. The Hall–Kier alpha value is -1.58. The monoisotopic (exact) mass is 279 g/mol. The molecule has 0 aromatic heterocycles. The van der Waals surface area contributed by atoms with Crippen LogP contribution in [0.15, 0.2) is 42.5 Å². The minimum Gasteiger partial charge on any atom is -0.487 e. The van der Waals surface area contributed by atoms with Crippen LogP contribution in [0, 0.1) is 5.82 Å². The van der Waals surface area contributed by atoms with E-state index in [4.69, 9.17) is 22.1 Å². The first-order valence-corrected chi connectivity index (χ1v) is 6.43. The molecule has 0 radical (unpaired) electrons. The fourth-order valence-corrected chi connectivity index (χ4v) is 2.10. The van der Waals surface area contributed by atoms with E-state index in [1.165, 1.54) is 12.1 Å². The smallest absolute Gasteiger partial charge is 0.141 e. The molecule has 0 atom stereocenters. The van der Waals surface area contributed by atoms with Gasteiger partial charge in [-0.1, -0.05) is 35.9 Å². The molecule has 19 heavy (non-hydrogen) atoms. The van der Waals surface area contributed by atoms with Gasteiger partial charge in [0.1, 0.15) is 18.2 Å². The van der Waals surface area contributed by atoms with Crippen LogP contribution in [0.4, 0.5) is 4.39 Å². The molecule has 2 aromatic rings. The van der Waals surface area contributed by atoms with Crippen LogP contribution in [0.5, 0.6) is 5.75 Å². The summed E-state index contributed by atoms with van der Waals surface area (Å²) < 4.78 is 18.8. The number of hydrogen-bond donors (Lipinski definition) is 1. The van der Waals surface area contributed by atoms with Gasteiger partial charge in [0.15, 0.2) is 0 Å². The molecule has 0 unspecified atom stereocenters. The third-order valence-corrected chi connectivity index (χ3v) is 3.03. The molecule has 0 aliphatic rings. The fraction of sp³-hybridized carbons (Fsp3) is 0.200. The number of benzene rings is 2. The first kappa shape index (κ1) is 13.8. The number of rotatable bonds is 5. The van der Waals surface area contributed by atoms with Gasteiger partial charge in [-0.05, 0) is 42.3 Å². The molecule has 100 valence electrons. The van der Waals surface area contributed by atoms with Gasteiger partial charge in [0.2, 0.25) is 0 Å². The molecule has 0 aliphatic heterocycles. The topological polar surface area (TPSA) is 35.2 Å². The number of hydrogen-bond acceptors (Lipinski definition) is 2. The Bertz CT molecular complexity index is 560. The van der Waals surface area contributed by atoms with Crippen LogP contribution in [0.3, 0.4) is 0 Å². The highest BCUT2D eigenvalue weighted by Crippen LogP contribution is 2.29. The van der Waals surface area contributed by atoms with E-state index in [-0.39, 0.29) is 12.4 Å². The molecule has 0 fully saturated rings. The predicted octanol–water partition coefficient (Wildman–Crippen LogP) is 3.56. The molecule has 2 rings (SSSR count). The van der Waals surface area contributed by atoms with Crippen molar-refractivity contribution in [2.45, 2.75) is 13.0 Å². The summed E-state index contributed by atoms with van der Waals surface area (Å²) in [6, 6.07) is 11.9. The second-order valence-corrected chi connectivity index (χ2v) is 4.59. The second-order valence-electron chi connectivity index (χ2n) is 4.19. The summed E-state index contributed by atoms with van der Waals surface area (Å²) in [5, 5.41) is 0.544. The van der Waals surface area contributed by atoms with Crippen molar-refractivity contribution < 1.29 is 9.13 Å². The normalized spacial score (nSPS) is 10.5. The van der Waals surface area contributed by atoms with Crippen molar-refractivity contribution in [2.24, 2.45) is 5.73 Å². The third kappa shape index (κ3) is 3.69. The molecule has 0 heterocycles. The lowest BCUT2D eigenvalue weighted by Gasteiger charge is -2.12. The second kappa shape index (κ2) is 6.55. The molecule has 2 aromatic carbocycles. The Morgan fingerprint density at radius 3 is 2.68 bits per heavy atom. The largest absolute Gasteiger partial charge is 0.487 e. The fourth-order valence-electron chi connectivity index (χ4n) is 1.85. The molecule has 0 saturated carbocycles. The lowest BCUT2D eigenvalue weighted by atomic mass is 10.1. The highest BCUT2D eigenvalue weighted by molar-refractivity contribution is 6.32. The van der Waals surface area contributed by atoms with Gasteiger partial charge in [-0.3, -0.25) is 0 Å². The molecule has 0 saturated heterocycles. The molecule has 2 nitrogen and oxygen atoms in total. The summed E-state index contributed by atoms with van der Waals surface area (Å²) in [4.78, 5) is 0. The standard InChI is InChI=1S/C15H15ClFNO/c16-14-6-2-4-12(7-8-18)15(14)19-10-11-3-1-5-13(17)9-11/h1-6,9H,7-8,10,18H2. The van der Waals surface area contributed by atoms with Crippen molar-refractivity contribution in [3.05, 3.63) is 64.4 Å². The summed E-state index contributed by atoms with van der Waals surface area (Å²) in [7, 11) is 0. The van der Waals surface area contributed by atoms with E-state index in [1.807, 2.05) is 18.2 Å². The average molecular weight is 280 g/mol. The average Bonchev–Trinajstić information content (AvgIpc) is 2.38. The predicted molar refractivity (Wildman–Crippen MR) is 74.9 cm³/mol. The van der Waals surface area contributed by atoms with E-state index >= 15 is 0 Å². The van der Waals surface area contributed by atoms with Crippen molar-refractivity contribution in [3.8, 4) is 5.75 Å². The Morgan fingerprint density at radius 1 is 1.16 bits per heavy atom. The third-order valence-electron chi connectivity index (χ3n) is 2.73. The van der Waals surface area contributed by atoms with Crippen LogP contribution in [-0.2, 0) is 13.0 Å². The zero-order valence-electron chi connectivity index (χ0n) is 10.4. The SMILES string of the molecule is NCCc1cccc(Cl)c1OCc1cccc(F)c1. The van der Waals surface area contributed by atoms with Crippen LogP contribution in [0.2, 0.25) is 5.02 Å². The summed E-state index contributed by atoms with van der Waals surface area (Å²) in [5.41, 5.74) is 7.29. The summed E-state index contributed by atoms with van der Waals surface area (Å²) in [5.74, 6) is 0.348. The van der Waals surface area contributed by atoms with E-state index in [2.05, 4.69) is 0 Å². The van der Waals surface area contributed by atoms with E-state index in [0.29, 0.717) is 23.7 Å². The Balaban J connectivity index is 2.14. The van der Waals surface area contributed by atoms with Crippen LogP contribution < -0.4 is 10.5 Å². The summed E-state index contributed by atoms with van der Waals surface area (Å²) in [6.07, 6.45) is 0.693. The maximum Gasteiger partial charge on any atom is 0.141 e. The van der Waals surface area contributed by atoms with Crippen molar-refractivity contribution in [1.29, 1.82) is 0 Å². The van der Waals surface area contributed by atoms with Crippen LogP contribution in [0.1, 0.15) is 11.1 Å². The van der Waals surface area contributed by atoms with Crippen molar-refractivity contribution >= 4 is 11.6 Å². The maximum atomic E-state index is 13.1. The number of halogens is 2. The molecule has 2 N–H and O–H groups in total. The van der Waals surface area contributed by atoms with E-state index in [1.54, 1.807) is 12.1 Å². The van der Waals surface area contributed by atoms with E-state index in [9.17, 15) is 4.39 Å². The summed E-state index contributed by atoms with van der Waals surface area (Å²) >= 11 is 6.12. The number of nitrogens with two attached hydrogens (primary N) is 1.